The van der Waals surface area contributed by atoms with Crippen molar-refractivity contribution in [1.29, 1.82) is 0 Å². The Morgan fingerprint density at radius 3 is 2.64 bits per heavy atom. The number of carbonyl (C=O) groups is 1. The minimum atomic E-state index is -0.215. The van der Waals surface area contributed by atoms with E-state index in [2.05, 4.69) is 4.90 Å². The summed E-state index contributed by atoms with van der Waals surface area (Å²) in [5.74, 6) is 1.41. The standard InChI is InChI=1S/C27H31N3O5S/c1-3-33-20-9-6-11-23-24(20)28-27(36-23)30(13-7-12-29-14-16-32-17-15-29)26(31)22-18-19-8-5-10-21(34-4-2)25(19)35-22/h5-6,8-11,18H,3-4,7,12-17H2,1-2H3. The van der Waals surface area contributed by atoms with Gasteiger partial charge < -0.3 is 18.6 Å². The van der Waals surface area contributed by atoms with Gasteiger partial charge in [0.15, 0.2) is 22.2 Å². The molecule has 0 N–H and O–H groups in total. The van der Waals surface area contributed by atoms with Gasteiger partial charge in [0, 0.05) is 31.6 Å². The summed E-state index contributed by atoms with van der Waals surface area (Å²) in [6.07, 6.45) is 0.810. The minimum Gasteiger partial charge on any atom is -0.492 e. The van der Waals surface area contributed by atoms with E-state index >= 15 is 0 Å². The number of benzene rings is 2. The van der Waals surface area contributed by atoms with Crippen molar-refractivity contribution in [2.45, 2.75) is 20.3 Å². The van der Waals surface area contributed by atoms with Gasteiger partial charge in [0.25, 0.3) is 5.91 Å². The molecule has 190 valence electrons. The van der Waals surface area contributed by atoms with Crippen molar-refractivity contribution in [3.63, 3.8) is 0 Å². The van der Waals surface area contributed by atoms with Crippen molar-refractivity contribution < 1.29 is 23.4 Å². The van der Waals surface area contributed by atoms with Gasteiger partial charge in [0.2, 0.25) is 0 Å². The number of hydrogen-bond donors (Lipinski definition) is 0. The molecular weight excluding hydrogens is 478 g/mol. The van der Waals surface area contributed by atoms with E-state index in [1.807, 2.05) is 50.2 Å². The lowest BCUT2D eigenvalue weighted by Gasteiger charge is -2.27. The van der Waals surface area contributed by atoms with E-state index in [4.69, 9.17) is 23.6 Å². The van der Waals surface area contributed by atoms with Gasteiger partial charge in [0.1, 0.15) is 11.3 Å². The second-order valence-corrected chi connectivity index (χ2v) is 9.52. The summed E-state index contributed by atoms with van der Waals surface area (Å²) >= 11 is 1.49. The predicted molar refractivity (Wildman–Crippen MR) is 142 cm³/mol. The van der Waals surface area contributed by atoms with Crippen LogP contribution in [0.15, 0.2) is 46.9 Å². The van der Waals surface area contributed by atoms with E-state index in [1.54, 1.807) is 11.0 Å². The molecule has 0 saturated carbocycles. The van der Waals surface area contributed by atoms with Crippen molar-refractivity contribution in [2.24, 2.45) is 0 Å². The van der Waals surface area contributed by atoms with Gasteiger partial charge >= 0.3 is 0 Å². The molecule has 9 heteroatoms. The molecule has 0 bridgehead atoms. The molecule has 1 aliphatic heterocycles. The second kappa shape index (κ2) is 11.3. The molecule has 1 saturated heterocycles. The summed E-state index contributed by atoms with van der Waals surface area (Å²) in [6, 6.07) is 13.3. The topological polar surface area (TPSA) is 77.3 Å². The van der Waals surface area contributed by atoms with E-state index in [9.17, 15) is 4.79 Å². The fourth-order valence-corrected chi connectivity index (χ4v) is 5.41. The highest BCUT2D eigenvalue weighted by Crippen LogP contribution is 2.36. The van der Waals surface area contributed by atoms with Crippen LogP contribution in [-0.2, 0) is 4.74 Å². The predicted octanol–water partition coefficient (Wildman–Crippen LogP) is 5.21. The Kier molecular flexibility index (Phi) is 7.69. The van der Waals surface area contributed by atoms with Crippen molar-refractivity contribution in [3.8, 4) is 11.5 Å². The monoisotopic (exact) mass is 509 g/mol. The van der Waals surface area contributed by atoms with Crippen LogP contribution in [0.4, 0.5) is 5.13 Å². The number of amides is 1. The van der Waals surface area contributed by atoms with Gasteiger partial charge in [0.05, 0.1) is 31.1 Å². The molecule has 0 aliphatic carbocycles. The number of para-hydroxylation sites is 2. The summed E-state index contributed by atoms with van der Waals surface area (Å²) in [4.78, 5) is 22.8. The average molecular weight is 510 g/mol. The highest BCUT2D eigenvalue weighted by atomic mass is 32.1. The van der Waals surface area contributed by atoms with Gasteiger partial charge in [-0.15, -0.1) is 0 Å². The molecule has 0 unspecified atom stereocenters. The molecular formula is C27H31N3O5S. The third kappa shape index (κ3) is 5.18. The third-order valence-electron chi connectivity index (χ3n) is 6.12. The second-order valence-electron chi connectivity index (χ2n) is 8.51. The van der Waals surface area contributed by atoms with Crippen LogP contribution in [0.3, 0.4) is 0 Å². The SMILES string of the molecule is CCOc1cccc2sc(N(CCCN3CCOCC3)C(=O)c3cc4cccc(OCC)c4o3)nc12. The number of thiazole rings is 1. The third-order valence-corrected chi connectivity index (χ3v) is 7.17. The molecule has 2 aromatic carbocycles. The molecule has 0 spiro atoms. The number of fused-ring (bicyclic) bond motifs is 2. The lowest BCUT2D eigenvalue weighted by atomic mass is 10.2. The van der Waals surface area contributed by atoms with Gasteiger partial charge in [-0.2, -0.15) is 0 Å². The fourth-order valence-electron chi connectivity index (χ4n) is 4.40. The smallest absolute Gasteiger partial charge is 0.295 e. The molecule has 3 heterocycles. The Morgan fingerprint density at radius 1 is 1.08 bits per heavy atom. The van der Waals surface area contributed by atoms with Crippen molar-refractivity contribution >= 4 is 43.6 Å². The van der Waals surface area contributed by atoms with E-state index < -0.39 is 0 Å². The molecule has 2 aromatic heterocycles. The number of carbonyl (C=O) groups excluding carboxylic acids is 1. The first kappa shape index (κ1) is 24.5. The van der Waals surface area contributed by atoms with Crippen LogP contribution >= 0.6 is 11.3 Å². The maximum absolute atomic E-state index is 13.8. The van der Waals surface area contributed by atoms with Gasteiger partial charge in [-0.3, -0.25) is 14.6 Å². The molecule has 1 amide bonds. The van der Waals surface area contributed by atoms with Crippen molar-refractivity contribution in [3.05, 3.63) is 48.2 Å². The minimum absolute atomic E-state index is 0.215. The number of furan rings is 1. The van der Waals surface area contributed by atoms with Crippen molar-refractivity contribution in [1.82, 2.24) is 9.88 Å². The zero-order chi connectivity index (χ0) is 24.9. The molecule has 36 heavy (non-hydrogen) atoms. The van der Waals surface area contributed by atoms with Gasteiger partial charge in [-0.25, -0.2) is 4.98 Å². The Morgan fingerprint density at radius 2 is 1.83 bits per heavy atom. The zero-order valence-electron chi connectivity index (χ0n) is 20.7. The van der Waals surface area contributed by atoms with E-state index in [1.165, 1.54) is 11.3 Å². The molecule has 1 aliphatic rings. The number of nitrogens with zero attached hydrogens (tertiary/aromatic N) is 3. The van der Waals surface area contributed by atoms with Crippen LogP contribution in [-0.4, -0.2) is 68.4 Å². The molecule has 0 radical (unpaired) electrons. The quantitative estimate of drug-likeness (QED) is 0.290. The van der Waals surface area contributed by atoms with Crippen LogP contribution in [0.25, 0.3) is 21.2 Å². The van der Waals surface area contributed by atoms with E-state index in [-0.39, 0.29) is 11.7 Å². The molecule has 8 nitrogen and oxygen atoms in total. The molecule has 0 atom stereocenters. The van der Waals surface area contributed by atoms with Crippen LogP contribution in [0.2, 0.25) is 0 Å². The summed E-state index contributed by atoms with van der Waals surface area (Å²) in [5.41, 5.74) is 1.35. The summed E-state index contributed by atoms with van der Waals surface area (Å²) in [5, 5.41) is 1.47. The first-order valence-electron chi connectivity index (χ1n) is 12.5. The van der Waals surface area contributed by atoms with E-state index in [0.29, 0.717) is 36.2 Å². The number of anilines is 1. The van der Waals surface area contributed by atoms with Gasteiger partial charge in [-0.05, 0) is 44.5 Å². The molecule has 1 fully saturated rings. The Hall–Kier alpha value is -3.14. The molecule has 5 rings (SSSR count). The average Bonchev–Trinajstić information content (AvgIpc) is 3.53. The fraction of sp³-hybridized carbons (Fsp3) is 0.407. The van der Waals surface area contributed by atoms with Crippen LogP contribution in [0.1, 0.15) is 30.8 Å². The van der Waals surface area contributed by atoms with Crippen molar-refractivity contribution in [2.75, 3.05) is 57.5 Å². The Bertz CT molecular complexity index is 1330. The van der Waals surface area contributed by atoms with E-state index in [0.717, 1.165) is 60.6 Å². The summed E-state index contributed by atoms with van der Waals surface area (Å²) in [7, 11) is 0. The largest absolute Gasteiger partial charge is 0.492 e. The Labute approximate surface area is 214 Å². The zero-order valence-corrected chi connectivity index (χ0v) is 21.5. The number of ether oxygens (including phenoxy) is 3. The maximum atomic E-state index is 13.8. The summed E-state index contributed by atoms with van der Waals surface area (Å²) < 4.78 is 24.0. The lowest BCUT2D eigenvalue weighted by molar-refractivity contribution is 0.0376. The number of aromatic nitrogens is 1. The Balaban J connectivity index is 1.46. The highest BCUT2D eigenvalue weighted by Gasteiger charge is 2.26. The number of hydrogen-bond acceptors (Lipinski definition) is 8. The molecule has 4 aromatic rings. The number of rotatable bonds is 10. The van der Waals surface area contributed by atoms with Crippen LogP contribution in [0.5, 0.6) is 11.5 Å². The lowest BCUT2D eigenvalue weighted by Crippen LogP contribution is -2.39. The van der Waals surface area contributed by atoms with Crippen LogP contribution in [0, 0.1) is 0 Å². The highest BCUT2D eigenvalue weighted by molar-refractivity contribution is 7.22. The normalized spacial score (nSPS) is 14.4. The first-order valence-corrected chi connectivity index (χ1v) is 13.3. The maximum Gasteiger partial charge on any atom is 0.295 e. The first-order chi connectivity index (χ1) is 17.7. The number of morpholine rings is 1. The summed E-state index contributed by atoms with van der Waals surface area (Å²) in [6.45, 7) is 9.68. The van der Waals surface area contributed by atoms with Crippen LogP contribution < -0.4 is 14.4 Å². The van der Waals surface area contributed by atoms with Gasteiger partial charge in [-0.1, -0.05) is 29.5 Å².